The predicted molar refractivity (Wildman–Crippen MR) is 102 cm³/mol. The van der Waals surface area contributed by atoms with Gasteiger partial charge in [-0.15, -0.1) is 0 Å². The van der Waals surface area contributed by atoms with Gasteiger partial charge in [0.2, 0.25) is 0 Å². The standard InChI is InChI=1S/C19H17F3N2O4S/c20-19(21,22)29(27,28)24-8-7-15(18(25)26)10-16-9-14(5-6-17(16)24)13-3-1-12(11-23)2-4-13/h1-6,9-10H,7-8,11,23H2,(H,25,26). The summed E-state index contributed by atoms with van der Waals surface area (Å²) in [5.41, 5.74) is 1.95. The molecule has 0 atom stereocenters. The van der Waals surface area contributed by atoms with Crippen molar-refractivity contribution < 1.29 is 31.5 Å². The smallest absolute Gasteiger partial charge is 0.478 e. The van der Waals surface area contributed by atoms with Crippen molar-refractivity contribution in [2.75, 3.05) is 10.8 Å². The van der Waals surface area contributed by atoms with Crippen LogP contribution >= 0.6 is 0 Å². The first kappa shape index (κ1) is 20.9. The minimum absolute atomic E-state index is 0.0770. The average Bonchev–Trinajstić information content (AvgIpc) is 2.86. The second kappa shape index (κ2) is 7.53. The van der Waals surface area contributed by atoms with Crippen molar-refractivity contribution >= 4 is 27.8 Å². The highest BCUT2D eigenvalue weighted by molar-refractivity contribution is 7.93. The van der Waals surface area contributed by atoms with Gasteiger partial charge in [-0.3, -0.25) is 4.31 Å². The summed E-state index contributed by atoms with van der Waals surface area (Å²) in [5.74, 6) is -1.32. The number of nitrogens with zero attached hydrogens (tertiary/aromatic N) is 1. The molecule has 1 aliphatic rings. The summed E-state index contributed by atoms with van der Waals surface area (Å²) in [4.78, 5) is 11.4. The van der Waals surface area contributed by atoms with E-state index in [1.54, 1.807) is 24.3 Å². The molecule has 6 nitrogen and oxygen atoms in total. The Hall–Kier alpha value is -2.85. The fourth-order valence-corrected chi connectivity index (χ4v) is 4.06. The monoisotopic (exact) mass is 426 g/mol. The van der Waals surface area contributed by atoms with Gasteiger partial charge in [0.15, 0.2) is 0 Å². The first-order valence-corrected chi connectivity index (χ1v) is 9.95. The van der Waals surface area contributed by atoms with E-state index in [2.05, 4.69) is 0 Å². The highest BCUT2D eigenvalue weighted by Gasteiger charge is 2.50. The van der Waals surface area contributed by atoms with Gasteiger partial charge >= 0.3 is 21.5 Å². The Morgan fingerprint density at radius 1 is 1.10 bits per heavy atom. The van der Waals surface area contributed by atoms with Gasteiger partial charge in [0.25, 0.3) is 0 Å². The van der Waals surface area contributed by atoms with Crippen molar-refractivity contribution in [3.05, 3.63) is 59.2 Å². The van der Waals surface area contributed by atoms with E-state index < -0.39 is 28.0 Å². The molecular weight excluding hydrogens is 409 g/mol. The minimum atomic E-state index is -5.68. The molecule has 0 unspecified atom stereocenters. The number of carboxylic acid groups (broad SMARTS) is 1. The van der Waals surface area contributed by atoms with Crippen LogP contribution in [-0.4, -0.2) is 31.5 Å². The maximum Gasteiger partial charge on any atom is 0.516 e. The lowest BCUT2D eigenvalue weighted by molar-refractivity contribution is -0.132. The first-order valence-electron chi connectivity index (χ1n) is 8.51. The van der Waals surface area contributed by atoms with Crippen LogP contribution in [0.15, 0.2) is 48.0 Å². The number of nitrogens with two attached hydrogens (primary N) is 1. The number of rotatable bonds is 4. The van der Waals surface area contributed by atoms with Crippen molar-refractivity contribution in [2.45, 2.75) is 18.5 Å². The topological polar surface area (TPSA) is 101 Å². The number of anilines is 1. The highest BCUT2D eigenvalue weighted by atomic mass is 32.2. The zero-order valence-corrected chi connectivity index (χ0v) is 15.8. The Morgan fingerprint density at radius 3 is 2.28 bits per heavy atom. The fourth-order valence-electron chi connectivity index (χ4n) is 3.06. The van der Waals surface area contributed by atoms with E-state index in [0.717, 1.165) is 11.1 Å². The summed E-state index contributed by atoms with van der Waals surface area (Å²) in [6.45, 7) is -0.281. The number of benzene rings is 2. The molecular formula is C19H17F3N2O4S. The van der Waals surface area contributed by atoms with E-state index in [0.29, 0.717) is 12.1 Å². The largest absolute Gasteiger partial charge is 0.516 e. The van der Waals surface area contributed by atoms with E-state index in [1.807, 2.05) is 0 Å². The van der Waals surface area contributed by atoms with Crippen LogP contribution in [-0.2, 0) is 21.4 Å². The minimum Gasteiger partial charge on any atom is -0.478 e. The zero-order valence-electron chi connectivity index (χ0n) is 15.0. The maximum atomic E-state index is 13.1. The zero-order chi connectivity index (χ0) is 21.4. The van der Waals surface area contributed by atoms with Crippen LogP contribution in [0.2, 0.25) is 0 Å². The normalized spacial score (nSPS) is 14.8. The van der Waals surface area contributed by atoms with Crippen LogP contribution in [0.4, 0.5) is 18.9 Å². The fraction of sp³-hybridized carbons (Fsp3) is 0.211. The van der Waals surface area contributed by atoms with E-state index >= 15 is 0 Å². The van der Waals surface area contributed by atoms with Crippen molar-refractivity contribution in [1.29, 1.82) is 0 Å². The Labute approximate surface area is 165 Å². The number of hydrogen-bond acceptors (Lipinski definition) is 4. The molecule has 0 saturated heterocycles. The summed E-state index contributed by atoms with van der Waals surface area (Å²) < 4.78 is 63.7. The molecule has 3 N–H and O–H groups in total. The molecule has 2 aromatic carbocycles. The van der Waals surface area contributed by atoms with Gasteiger partial charge in [-0.25, -0.2) is 4.79 Å². The molecule has 10 heteroatoms. The van der Waals surface area contributed by atoms with Gasteiger partial charge in [0, 0.05) is 18.7 Å². The van der Waals surface area contributed by atoms with Crippen LogP contribution in [0, 0.1) is 0 Å². The summed E-state index contributed by atoms with van der Waals surface area (Å²) in [5, 5.41) is 9.31. The van der Waals surface area contributed by atoms with Crippen molar-refractivity contribution in [3.8, 4) is 11.1 Å². The van der Waals surface area contributed by atoms with Gasteiger partial charge in [-0.1, -0.05) is 30.3 Å². The number of fused-ring (bicyclic) bond motifs is 1. The number of alkyl halides is 3. The predicted octanol–water partition coefficient (Wildman–Crippen LogP) is 3.34. The number of carboxylic acids is 1. The maximum absolute atomic E-state index is 13.1. The van der Waals surface area contributed by atoms with Gasteiger partial charge in [0.1, 0.15) is 0 Å². The van der Waals surface area contributed by atoms with E-state index in [4.69, 9.17) is 5.73 Å². The van der Waals surface area contributed by atoms with Crippen LogP contribution in [0.5, 0.6) is 0 Å². The Balaban J connectivity index is 2.15. The van der Waals surface area contributed by atoms with Gasteiger partial charge in [-0.05, 0) is 46.9 Å². The molecule has 0 spiro atoms. The molecule has 0 aromatic heterocycles. The van der Waals surface area contributed by atoms with Gasteiger partial charge in [-0.2, -0.15) is 21.6 Å². The third kappa shape index (κ3) is 3.99. The molecule has 0 saturated carbocycles. The Kier molecular flexibility index (Phi) is 5.42. The van der Waals surface area contributed by atoms with Gasteiger partial charge < -0.3 is 10.8 Å². The summed E-state index contributed by atoms with van der Waals surface area (Å²) >= 11 is 0. The molecule has 2 aromatic rings. The van der Waals surface area contributed by atoms with E-state index in [9.17, 15) is 31.5 Å². The number of carbonyl (C=O) groups is 1. The summed E-state index contributed by atoms with van der Waals surface area (Å²) in [6, 6.07) is 11.3. The first-order chi connectivity index (χ1) is 13.5. The summed E-state index contributed by atoms with van der Waals surface area (Å²) in [7, 11) is -5.68. The molecule has 0 bridgehead atoms. The molecule has 0 amide bonds. The molecule has 29 heavy (non-hydrogen) atoms. The molecule has 1 aliphatic heterocycles. The summed E-state index contributed by atoms with van der Waals surface area (Å²) in [6.07, 6.45) is 0.848. The van der Waals surface area contributed by atoms with E-state index in [-0.39, 0.29) is 27.5 Å². The molecule has 0 aliphatic carbocycles. The highest BCUT2D eigenvalue weighted by Crippen LogP contribution is 2.38. The Morgan fingerprint density at radius 2 is 1.72 bits per heavy atom. The van der Waals surface area contributed by atoms with Crippen LogP contribution in [0.25, 0.3) is 17.2 Å². The lowest BCUT2D eigenvalue weighted by Gasteiger charge is -2.25. The molecule has 154 valence electrons. The second-order valence-electron chi connectivity index (χ2n) is 6.42. The molecule has 0 radical (unpaired) electrons. The molecule has 0 fully saturated rings. The Bertz CT molecular complexity index is 1080. The lowest BCUT2D eigenvalue weighted by Crippen LogP contribution is -2.41. The number of aliphatic carboxylic acids is 1. The van der Waals surface area contributed by atoms with Crippen LogP contribution in [0.1, 0.15) is 17.5 Å². The van der Waals surface area contributed by atoms with Crippen LogP contribution < -0.4 is 10.0 Å². The van der Waals surface area contributed by atoms with Crippen molar-refractivity contribution in [2.24, 2.45) is 5.73 Å². The number of hydrogen-bond donors (Lipinski definition) is 2. The lowest BCUT2D eigenvalue weighted by atomic mass is 9.99. The SMILES string of the molecule is NCc1ccc(-c2ccc3c(c2)C=C(C(=O)O)CCN3S(=O)(=O)C(F)(F)F)cc1. The van der Waals surface area contributed by atoms with Gasteiger partial charge in [0.05, 0.1) is 5.69 Å². The van der Waals surface area contributed by atoms with Crippen molar-refractivity contribution in [3.63, 3.8) is 0 Å². The third-order valence-corrected chi connectivity index (χ3v) is 6.14. The molecule has 3 rings (SSSR count). The van der Waals surface area contributed by atoms with E-state index in [1.165, 1.54) is 24.3 Å². The molecule has 1 heterocycles. The second-order valence-corrected chi connectivity index (χ2v) is 8.28. The third-order valence-electron chi connectivity index (χ3n) is 4.59. The quantitative estimate of drug-likeness (QED) is 0.781. The number of sulfonamides is 1. The van der Waals surface area contributed by atoms with Crippen LogP contribution in [0.3, 0.4) is 0 Å². The van der Waals surface area contributed by atoms with Crippen molar-refractivity contribution in [1.82, 2.24) is 0 Å². The number of halogens is 3. The average molecular weight is 426 g/mol.